The molecule has 0 bridgehead atoms. The van der Waals surface area contributed by atoms with Gasteiger partial charge in [-0.05, 0) is 56.2 Å². The van der Waals surface area contributed by atoms with Gasteiger partial charge in [0.1, 0.15) is 11.6 Å². The van der Waals surface area contributed by atoms with Crippen LogP contribution in [0.1, 0.15) is 22.5 Å². The number of sulfonamides is 1. The second kappa shape index (κ2) is 8.12. The Morgan fingerprint density at radius 1 is 1.07 bits per heavy atom. The predicted molar refractivity (Wildman–Crippen MR) is 108 cm³/mol. The molecular weight excluding hydrogens is 376 g/mol. The first-order valence-electron chi connectivity index (χ1n) is 8.93. The lowest BCUT2D eigenvalue weighted by Gasteiger charge is -2.12. The van der Waals surface area contributed by atoms with Gasteiger partial charge in [0.05, 0.1) is 12.0 Å². The summed E-state index contributed by atoms with van der Waals surface area (Å²) >= 11 is 0. The molecule has 2 aromatic carbocycles. The molecule has 0 fully saturated rings. The van der Waals surface area contributed by atoms with Crippen LogP contribution in [0.4, 0.5) is 0 Å². The lowest BCUT2D eigenvalue weighted by Crippen LogP contribution is -2.27. The van der Waals surface area contributed by atoms with E-state index in [1.165, 1.54) is 0 Å². The Morgan fingerprint density at radius 2 is 1.71 bits per heavy atom. The molecule has 28 heavy (non-hydrogen) atoms. The summed E-state index contributed by atoms with van der Waals surface area (Å²) < 4.78 is 33.2. The molecular formula is C20H24N4O3S. The summed E-state index contributed by atoms with van der Waals surface area (Å²) in [5, 5.41) is 7.06. The molecule has 1 aromatic heterocycles. The second-order valence-corrected chi connectivity index (χ2v) is 8.41. The maximum Gasteiger partial charge on any atom is 0.241 e. The van der Waals surface area contributed by atoms with Crippen LogP contribution in [0.5, 0.6) is 5.75 Å². The van der Waals surface area contributed by atoms with Crippen LogP contribution in [-0.4, -0.2) is 37.3 Å². The van der Waals surface area contributed by atoms with Crippen LogP contribution < -0.4 is 9.46 Å². The van der Waals surface area contributed by atoms with Gasteiger partial charge in [-0.25, -0.2) is 18.1 Å². The quantitative estimate of drug-likeness (QED) is 0.636. The first kappa shape index (κ1) is 20.0. The molecule has 3 aromatic rings. The van der Waals surface area contributed by atoms with Gasteiger partial charge in [0.2, 0.25) is 10.0 Å². The molecule has 0 amide bonds. The molecule has 0 aliphatic carbocycles. The maximum atomic E-state index is 12.7. The van der Waals surface area contributed by atoms with Crippen LogP contribution in [0.3, 0.4) is 0 Å². The van der Waals surface area contributed by atoms with Crippen LogP contribution in [0.2, 0.25) is 0 Å². The van der Waals surface area contributed by atoms with E-state index in [4.69, 9.17) is 4.74 Å². The van der Waals surface area contributed by atoms with Gasteiger partial charge < -0.3 is 4.74 Å². The average Bonchev–Trinajstić information content (AvgIpc) is 3.09. The van der Waals surface area contributed by atoms with Crippen molar-refractivity contribution in [2.75, 3.05) is 13.7 Å². The molecule has 0 radical (unpaired) electrons. The zero-order valence-electron chi connectivity index (χ0n) is 16.4. The van der Waals surface area contributed by atoms with Gasteiger partial charge in [-0.1, -0.05) is 17.7 Å². The summed E-state index contributed by atoms with van der Waals surface area (Å²) in [6.07, 6.45) is 0.409. The highest BCUT2D eigenvalue weighted by Crippen LogP contribution is 2.22. The molecule has 148 valence electrons. The predicted octanol–water partition coefficient (Wildman–Crippen LogP) is 2.93. The van der Waals surface area contributed by atoms with Crippen molar-refractivity contribution in [1.82, 2.24) is 19.9 Å². The van der Waals surface area contributed by atoms with E-state index in [1.807, 2.05) is 57.2 Å². The van der Waals surface area contributed by atoms with E-state index in [9.17, 15) is 8.42 Å². The Kier molecular flexibility index (Phi) is 5.81. The number of rotatable bonds is 7. The third kappa shape index (κ3) is 4.40. The number of aromatic nitrogens is 3. The van der Waals surface area contributed by atoms with Crippen LogP contribution in [0.15, 0.2) is 41.3 Å². The number of aryl methyl sites for hydroxylation is 3. The SMILES string of the molecule is COc1ccc(-c2n[nH]c(CCNS(=O)(=O)c3c(C)cc(C)cc3C)n2)cc1. The summed E-state index contributed by atoms with van der Waals surface area (Å²) in [7, 11) is -1.98. The van der Waals surface area contributed by atoms with Gasteiger partial charge in [-0.15, -0.1) is 0 Å². The average molecular weight is 401 g/mol. The van der Waals surface area contributed by atoms with E-state index >= 15 is 0 Å². The Balaban J connectivity index is 1.66. The highest BCUT2D eigenvalue weighted by atomic mass is 32.2. The van der Waals surface area contributed by atoms with Gasteiger partial charge in [0, 0.05) is 18.5 Å². The van der Waals surface area contributed by atoms with Gasteiger partial charge in [-0.2, -0.15) is 5.10 Å². The van der Waals surface area contributed by atoms with Crippen molar-refractivity contribution in [1.29, 1.82) is 0 Å². The van der Waals surface area contributed by atoms with E-state index in [0.29, 0.717) is 23.0 Å². The molecule has 0 aliphatic rings. The van der Waals surface area contributed by atoms with Crippen molar-refractivity contribution in [2.24, 2.45) is 0 Å². The topological polar surface area (TPSA) is 97.0 Å². The van der Waals surface area contributed by atoms with Crippen molar-refractivity contribution in [3.63, 3.8) is 0 Å². The number of benzene rings is 2. The number of ether oxygens (including phenoxy) is 1. The van der Waals surface area contributed by atoms with E-state index in [0.717, 1.165) is 28.0 Å². The summed E-state index contributed by atoms with van der Waals surface area (Å²) in [4.78, 5) is 4.77. The molecule has 0 aliphatic heterocycles. The molecule has 7 nitrogen and oxygen atoms in total. The minimum absolute atomic E-state index is 0.229. The molecule has 1 heterocycles. The smallest absolute Gasteiger partial charge is 0.241 e. The number of hydrogen-bond donors (Lipinski definition) is 2. The summed E-state index contributed by atoms with van der Waals surface area (Å²) in [6.45, 7) is 5.80. The lowest BCUT2D eigenvalue weighted by molar-refractivity contribution is 0.415. The third-order valence-electron chi connectivity index (χ3n) is 4.41. The van der Waals surface area contributed by atoms with E-state index in [2.05, 4.69) is 19.9 Å². The summed E-state index contributed by atoms with van der Waals surface area (Å²) in [5.74, 6) is 1.94. The molecule has 8 heteroatoms. The van der Waals surface area contributed by atoms with E-state index in [1.54, 1.807) is 7.11 Å². The van der Waals surface area contributed by atoms with Crippen molar-refractivity contribution in [2.45, 2.75) is 32.1 Å². The number of aromatic amines is 1. The fraction of sp³-hybridized carbons (Fsp3) is 0.300. The largest absolute Gasteiger partial charge is 0.497 e. The highest BCUT2D eigenvalue weighted by Gasteiger charge is 2.19. The van der Waals surface area contributed by atoms with E-state index < -0.39 is 10.0 Å². The number of H-pyrrole nitrogens is 1. The Morgan fingerprint density at radius 3 is 2.32 bits per heavy atom. The molecule has 0 saturated carbocycles. The second-order valence-electron chi connectivity index (χ2n) is 6.71. The highest BCUT2D eigenvalue weighted by molar-refractivity contribution is 7.89. The van der Waals surface area contributed by atoms with Gasteiger partial charge >= 0.3 is 0 Å². The Hall–Kier alpha value is -2.71. The summed E-state index contributed by atoms with van der Waals surface area (Å²) in [5.41, 5.74) is 3.38. The van der Waals surface area contributed by atoms with Crippen LogP contribution in [0.25, 0.3) is 11.4 Å². The molecule has 0 unspecified atom stereocenters. The van der Waals surface area contributed by atoms with Crippen molar-refractivity contribution in [3.8, 4) is 17.1 Å². The zero-order chi connectivity index (χ0) is 20.3. The van der Waals surface area contributed by atoms with Crippen LogP contribution in [-0.2, 0) is 16.4 Å². The van der Waals surface area contributed by atoms with Gasteiger partial charge in [0.15, 0.2) is 5.82 Å². The first-order valence-corrected chi connectivity index (χ1v) is 10.4. The molecule has 2 N–H and O–H groups in total. The standard InChI is InChI=1S/C20H24N4O3S/c1-13-11-14(2)19(15(3)12-13)28(25,26)21-10-9-18-22-20(24-23-18)16-5-7-17(27-4)8-6-16/h5-8,11-12,21H,9-10H2,1-4H3,(H,22,23,24). The van der Waals surface area contributed by atoms with Gasteiger partial charge in [-0.3, -0.25) is 5.10 Å². The van der Waals surface area contributed by atoms with Crippen molar-refractivity contribution in [3.05, 3.63) is 58.9 Å². The number of hydrogen-bond acceptors (Lipinski definition) is 5. The fourth-order valence-corrected chi connectivity index (χ4v) is 4.72. The Bertz CT molecular complexity index is 1050. The molecule has 3 rings (SSSR count). The maximum absolute atomic E-state index is 12.7. The van der Waals surface area contributed by atoms with Crippen molar-refractivity contribution >= 4 is 10.0 Å². The minimum Gasteiger partial charge on any atom is -0.497 e. The lowest BCUT2D eigenvalue weighted by atomic mass is 10.1. The molecule has 0 atom stereocenters. The normalized spacial score (nSPS) is 11.6. The fourth-order valence-electron chi connectivity index (χ4n) is 3.24. The first-order chi connectivity index (χ1) is 13.3. The molecule has 0 spiro atoms. The summed E-state index contributed by atoms with van der Waals surface area (Å²) in [6, 6.07) is 11.2. The number of nitrogens with one attached hydrogen (secondary N) is 2. The van der Waals surface area contributed by atoms with E-state index in [-0.39, 0.29) is 6.54 Å². The Labute approximate surface area is 165 Å². The zero-order valence-corrected chi connectivity index (χ0v) is 17.2. The van der Waals surface area contributed by atoms with Crippen LogP contribution >= 0.6 is 0 Å². The monoisotopic (exact) mass is 400 g/mol. The third-order valence-corrected chi connectivity index (χ3v) is 6.17. The number of nitrogens with zero attached hydrogens (tertiary/aromatic N) is 2. The van der Waals surface area contributed by atoms with Gasteiger partial charge in [0.25, 0.3) is 0 Å². The molecule has 0 saturated heterocycles. The van der Waals surface area contributed by atoms with Crippen molar-refractivity contribution < 1.29 is 13.2 Å². The number of methoxy groups -OCH3 is 1. The van der Waals surface area contributed by atoms with Crippen LogP contribution in [0, 0.1) is 20.8 Å². The minimum atomic E-state index is -3.59.